The van der Waals surface area contributed by atoms with E-state index in [2.05, 4.69) is 40.5 Å². The van der Waals surface area contributed by atoms with Crippen molar-refractivity contribution in [3.8, 4) is 0 Å². The van der Waals surface area contributed by atoms with Crippen molar-refractivity contribution in [3.63, 3.8) is 0 Å². The minimum absolute atomic E-state index is 0.833. The molecule has 0 aliphatic rings. The molecule has 1 rings (SSSR count). The predicted octanol–water partition coefficient (Wildman–Crippen LogP) is 0.819. The highest BCUT2D eigenvalue weighted by molar-refractivity contribution is 8.06. The molecule has 1 aromatic rings. The van der Waals surface area contributed by atoms with Gasteiger partial charge in [0, 0.05) is 25.0 Å². The highest BCUT2D eigenvalue weighted by atomic mass is 32.5. The first-order chi connectivity index (χ1) is 7.77. The lowest BCUT2D eigenvalue weighted by atomic mass is 10.4. The SMILES string of the molecule is CCN(CC)c1nccc(C)n1.OP(O)(O)=S. The minimum atomic E-state index is -3.81. The third-order valence-electron chi connectivity index (χ3n) is 1.83. The molecule has 17 heavy (non-hydrogen) atoms. The van der Waals surface area contributed by atoms with Gasteiger partial charge in [-0.1, -0.05) is 0 Å². The Morgan fingerprint density at radius 3 is 2.12 bits per heavy atom. The Labute approximate surface area is 106 Å². The van der Waals surface area contributed by atoms with Crippen LogP contribution in [0.5, 0.6) is 0 Å². The van der Waals surface area contributed by atoms with Gasteiger partial charge in [0.05, 0.1) is 0 Å². The Balaban J connectivity index is 0.000000437. The second kappa shape index (κ2) is 7.68. The number of rotatable bonds is 3. The van der Waals surface area contributed by atoms with Gasteiger partial charge in [0.2, 0.25) is 5.95 Å². The maximum absolute atomic E-state index is 7.56. The smallest absolute Gasteiger partial charge is 0.319 e. The van der Waals surface area contributed by atoms with Gasteiger partial charge in [-0.2, -0.15) is 0 Å². The largest absolute Gasteiger partial charge is 0.341 e. The number of hydrogen-bond acceptors (Lipinski definition) is 4. The van der Waals surface area contributed by atoms with Crippen LogP contribution in [0, 0.1) is 6.92 Å². The van der Waals surface area contributed by atoms with Crippen molar-refractivity contribution in [3.05, 3.63) is 18.0 Å². The van der Waals surface area contributed by atoms with E-state index in [9.17, 15) is 0 Å². The lowest BCUT2D eigenvalue weighted by Crippen LogP contribution is -2.24. The minimum Gasteiger partial charge on any atom is -0.341 e. The van der Waals surface area contributed by atoms with Crippen LogP contribution in [0.3, 0.4) is 0 Å². The van der Waals surface area contributed by atoms with E-state index in [4.69, 9.17) is 14.7 Å². The monoisotopic (exact) mass is 279 g/mol. The fourth-order valence-electron chi connectivity index (χ4n) is 1.09. The first kappa shape index (κ1) is 16.4. The number of aromatic nitrogens is 2. The van der Waals surface area contributed by atoms with Gasteiger partial charge in [-0.15, -0.1) is 0 Å². The van der Waals surface area contributed by atoms with Crippen LogP contribution in [0.2, 0.25) is 0 Å². The van der Waals surface area contributed by atoms with Crippen molar-refractivity contribution in [2.75, 3.05) is 18.0 Å². The molecule has 1 heterocycles. The van der Waals surface area contributed by atoms with Gasteiger partial charge in [0.15, 0.2) is 0 Å². The van der Waals surface area contributed by atoms with E-state index >= 15 is 0 Å². The van der Waals surface area contributed by atoms with Gasteiger partial charge in [0.25, 0.3) is 0 Å². The lowest BCUT2D eigenvalue weighted by molar-refractivity contribution is 0.363. The Kier molecular flexibility index (Phi) is 7.41. The first-order valence-corrected chi connectivity index (χ1v) is 7.76. The van der Waals surface area contributed by atoms with Crippen molar-refractivity contribution in [2.45, 2.75) is 20.8 Å². The Morgan fingerprint density at radius 2 is 1.76 bits per heavy atom. The lowest BCUT2D eigenvalue weighted by Gasteiger charge is -2.17. The molecule has 0 atom stereocenters. The summed E-state index contributed by atoms with van der Waals surface area (Å²) in [7, 11) is 0. The van der Waals surface area contributed by atoms with Crippen molar-refractivity contribution in [1.82, 2.24) is 9.97 Å². The molecule has 0 bridgehead atoms. The standard InChI is InChI=1S/C9H15N3.H3O3PS/c1-4-12(5-2)9-10-7-6-8(3)11-9;1-4(2,3)5/h6-7H,4-5H2,1-3H3;(H3,1,2,3,5). The van der Waals surface area contributed by atoms with Gasteiger partial charge in [-0.25, -0.2) is 9.97 Å². The molecule has 0 saturated heterocycles. The predicted molar refractivity (Wildman–Crippen MR) is 71.3 cm³/mol. The Bertz CT molecular complexity index is 373. The van der Waals surface area contributed by atoms with Crippen molar-refractivity contribution < 1.29 is 14.7 Å². The van der Waals surface area contributed by atoms with Gasteiger partial charge in [0.1, 0.15) is 0 Å². The average Bonchev–Trinajstić information content (AvgIpc) is 2.17. The molecule has 8 heteroatoms. The Hall–Kier alpha value is -0.590. The molecule has 3 N–H and O–H groups in total. The van der Waals surface area contributed by atoms with E-state index in [0.717, 1.165) is 24.7 Å². The molecule has 6 nitrogen and oxygen atoms in total. The highest BCUT2D eigenvalue weighted by Crippen LogP contribution is 2.26. The van der Waals surface area contributed by atoms with Crippen LogP contribution in [0.4, 0.5) is 5.95 Å². The van der Waals surface area contributed by atoms with E-state index in [0.29, 0.717) is 0 Å². The van der Waals surface area contributed by atoms with Gasteiger partial charge in [-0.3, -0.25) is 0 Å². The van der Waals surface area contributed by atoms with Crippen LogP contribution in [-0.2, 0) is 11.8 Å². The summed E-state index contributed by atoms with van der Waals surface area (Å²) >= 11 is 3.60. The van der Waals surface area contributed by atoms with E-state index in [1.54, 1.807) is 6.20 Å². The summed E-state index contributed by atoms with van der Waals surface area (Å²) in [5.41, 5.74) is 1.02. The highest BCUT2D eigenvalue weighted by Gasteiger charge is 2.03. The summed E-state index contributed by atoms with van der Waals surface area (Å²) in [5, 5.41) is 0. The summed E-state index contributed by atoms with van der Waals surface area (Å²) in [6, 6.07) is 1.91. The second-order valence-electron chi connectivity index (χ2n) is 3.18. The summed E-state index contributed by atoms with van der Waals surface area (Å²) in [6.45, 7) is 4.30. The molecular weight excluding hydrogens is 261 g/mol. The number of nitrogens with zero attached hydrogens (tertiary/aromatic N) is 3. The summed E-state index contributed by atoms with van der Waals surface area (Å²) in [6.07, 6.45) is 1.80. The fourth-order valence-corrected chi connectivity index (χ4v) is 1.09. The molecule has 1 aromatic heterocycles. The van der Waals surface area contributed by atoms with Gasteiger partial charge >= 0.3 is 6.72 Å². The topological polar surface area (TPSA) is 89.7 Å². The Morgan fingerprint density at radius 1 is 1.29 bits per heavy atom. The number of hydrogen-bond donors (Lipinski definition) is 3. The zero-order valence-corrected chi connectivity index (χ0v) is 11.8. The fraction of sp³-hybridized carbons (Fsp3) is 0.556. The molecule has 0 amide bonds. The van der Waals surface area contributed by atoms with Crippen LogP contribution in [0.1, 0.15) is 19.5 Å². The van der Waals surface area contributed by atoms with Gasteiger partial charge in [-0.05, 0) is 38.6 Å². The molecular formula is C9H18N3O3PS. The van der Waals surface area contributed by atoms with Gasteiger partial charge < -0.3 is 19.6 Å². The molecule has 0 fully saturated rings. The molecule has 0 unspecified atom stereocenters. The van der Waals surface area contributed by atoms with Crippen LogP contribution < -0.4 is 4.90 Å². The van der Waals surface area contributed by atoms with Crippen molar-refractivity contribution >= 4 is 24.5 Å². The molecule has 0 aromatic carbocycles. The molecule has 0 aliphatic carbocycles. The van der Waals surface area contributed by atoms with Crippen molar-refractivity contribution in [2.24, 2.45) is 0 Å². The zero-order valence-electron chi connectivity index (χ0n) is 10.1. The molecule has 0 radical (unpaired) electrons. The average molecular weight is 279 g/mol. The molecule has 0 spiro atoms. The van der Waals surface area contributed by atoms with E-state index in [1.807, 2.05) is 13.0 Å². The van der Waals surface area contributed by atoms with Crippen LogP contribution in [0.25, 0.3) is 0 Å². The number of anilines is 1. The maximum atomic E-state index is 7.56. The van der Waals surface area contributed by atoms with E-state index < -0.39 is 6.72 Å². The van der Waals surface area contributed by atoms with Crippen LogP contribution >= 0.6 is 6.72 Å². The zero-order chi connectivity index (χ0) is 13.5. The number of aryl methyl sites for hydroxylation is 1. The van der Waals surface area contributed by atoms with E-state index in [1.165, 1.54) is 0 Å². The summed E-state index contributed by atoms with van der Waals surface area (Å²) in [4.78, 5) is 33.3. The molecule has 0 aliphatic heterocycles. The second-order valence-corrected chi connectivity index (χ2v) is 5.68. The third kappa shape index (κ3) is 9.14. The maximum Gasteiger partial charge on any atom is 0.319 e. The normalized spacial score (nSPS) is 10.5. The first-order valence-electron chi connectivity index (χ1n) is 5.10. The third-order valence-corrected chi connectivity index (χ3v) is 1.83. The van der Waals surface area contributed by atoms with Crippen LogP contribution in [0.15, 0.2) is 12.3 Å². The molecule has 0 saturated carbocycles. The van der Waals surface area contributed by atoms with Crippen LogP contribution in [-0.4, -0.2) is 37.7 Å². The van der Waals surface area contributed by atoms with Crippen molar-refractivity contribution in [1.29, 1.82) is 0 Å². The quantitative estimate of drug-likeness (QED) is 0.706. The summed E-state index contributed by atoms with van der Waals surface area (Å²) in [5.74, 6) is 0.833. The summed E-state index contributed by atoms with van der Waals surface area (Å²) < 4.78 is 0. The van der Waals surface area contributed by atoms with E-state index in [-0.39, 0.29) is 0 Å². The molecule has 98 valence electrons.